The largest absolute Gasteiger partial charge is 0.493 e. The highest BCUT2D eigenvalue weighted by atomic mass is 35.5. The van der Waals surface area contributed by atoms with Crippen molar-refractivity contribution in [2.24, 2.45) is 20.0 Å². The Labute approximate surface area is 333 Å². The minimum absolute atomic E-state index is 0.484. The number of pyridine rings is 2. The summed E-state index contributed by atoms with van der Waals surface area (Å²) in [5.74, 6) is 2.15. The minimum Gasteiger partial charge on any atom is -0.493 e. The Bertz CT molecular complexity index is 2400. The third-order valence-corrected chi connectivity index (χ3v) is 10.4. The van der Waals surface area contributed by atoms with Gasteiger partial charge >= 0.3 is 0 Å². The number of nitrogens with zero attached hydrogens (tertiary/aromatic N) is 6. The predicted octanol–water partition coefficient (Wildman–Crippen LogP) is 8.81. The molecule has 2 aromatic heterocycles. The van der Waals surface area contributed by atoms with Gasteiger partial charge in [-0.15, -0.1) is 0 Å². The van der Waals surface area contributed by atoms with Crippen LogP contribution in [-0.2, 0) is 11.3 Å². The van der Waals surface area contributed by atoms with Gasteiger partial charge in [0.2, 0.25) is 11.3 Å². The maximum absolute atomic E-state index is 7.00. The summed E-state index contributed by atoms with van der Waals surface area (Å²) in [6.07, 6.45) is 6.88. The van der Waals surface area contributed by atoms with E-state index in [9.17, 15) is 0 Å². The van der Waals surface area contributed by atoms with Crippen molar-refractivity contribution in [3.05, 3.63) is 177 Å². The molecular formula is C44H34Cl2N6O4. The topological polar surface area (TPSA) is 112 Å². The maximum Gasteiger partial charge on any atom is 0.227 e. The van der Waals surface area contributed by atoms with Crippen LogP contribution in [0.4, 0.5) is 0 Å². The lowest BCUT2D eigenvalue weighted by molar-refractivity contribution is 0.256. The molecule has 2 atom stereocenters. The summed E-state index contributed by atoms with van der Waals surface area (Å²) in [5.41, 5.74) is 2.75. The molecule has 0 N–H and O–H groups in total. The molecule has 0 bridgehead atoms. The van der Waals surface area contributed by atoms with Crippen LogP contribution in [-0.4, -0.2) is 61.3 Å². The molecule has 0 aliphatic carbocycles. The molecule has 12 heteroatoms. The highest BCUT2D eigenvalue weighted by molar-refractivity contribution is 6.58. The van der Waals surface area contributed by atoms with Crippen molar-refractivity contribution in [2.45, 2.75) is 11.3 Å². The smallest absolute Gasteiger partial charge is 0.227 e. The van der Waals surface area contributed by atoms with Crippen molar-refractivity contribution in [2.75, 3.05) is 28.4 Å². The summed E-state index contributed by atoms with van der Waals surface area (Å²) in [6, 6.07) is 33.8. The lowest BCUT2D eigenvalue weighted by Crippen LogP contribution is -2.43. The van der Waals surface area contributed by atoms with Gasteiger partial charge in [0, 0.05) is 58.2 Å². The highest BCUT2D eigenvalue weighted by Gasteiger charge is 2.61. The lowest BCUT2D eigenvalue weighted by Gasteiger charge is -2.37. The van der Waals surface area contributed by atoms with Crippen molar-refractivity contribution in [3.63, 3.8) is 0 Å². The second kappa shape index (κ2) is 15.1. The van der Waals surface area contributed by atoms with Crippen molar-refractivity contribution < 1.29 is 18.9 Å². The first-order valence-electron chi connectivity index (χ1n) is 17.5. The summed E-state index contributed by atoms with van der Waals surface area (Å²) < 4.78 is 22.7. The van der Waals surface area contributed by atoms with Crippen molar-refractivity contribution in [1.29, 1.82) is 0 Å². The summed E-state index contributed by atoms with van der Waals surface area (Å²) >= 11 is 14.0. The van der Waals surface area contributed by atoms with Gasteiger partial charge in [0.15, 0.2) is 23.0 Å². The fraction of sp³-hybridized carbons (Fsp3) is 0.136. The summed E-state index contributed by atoms with van der Waals surface area (Å²) in [5, 5.41) is 0.969. The number of aliphatic imine (C=N–C) groups is 4. The number of rotatable bonds is 11. The zero-order valence-corrected chi connectivity index (χ0v) is 32.3. The van der Waals surface area contributed by atoms with Gasteiger partial charge in [-0.05, 0) is 60.7 Å². The molecule has 4 aromatic carbocycles. The Balaban J connectivity index is 1.53. The first-order chi connectivity index (χ1) is 27.4. The van der Waals surface area contributed by atoms with Crippen LogP contribution < -0.4 is 18.9 Å². The third kappa shape index (κ3) is 6.07. The van der Waals surface area contributed by atoms with Crippen LogP contribution in [0, 0.1) is 0 Å². The van der Waals surface area contributed by atoms with Gasteiger partial charge in [0.05, 0.1) is 61.3 Å². The minimum atomic E-state index is -1.63. The van der Waals surface area contributed by atoms with E-state index in [0.29, 0.717) is 89.3 Å². The van der Waals surface area contributed by atoms with Crippen LogP contribution in [0.25, 0.3) is 0 Å². The average molecular weight is 782 g/mol. The number of benzene rings is 4. The van der Waals surface area contributed by atoms with Gasteiger partial charge in [0.25, 0.3) is 0 Å². The number of hydrogen-bond acceptors (Lipinski definition) is 10. The molecule has 10 nitrogen and oxygen atoms in total. The van der Waals surface area contributed by atoms with Crippen LogP contribution in [0.2, 0.25) is 10.0 Å². The Morgan fingerprint density at radius 3 is 1.18 bits per heavy atom. The van der Waals surface area contributed by atoms with Crippen LogP contribution in [0.15, 0.2) is 154 Å². The second-order valence-corrected chi connectivity index (χ2v) is 13.6. The molecule has 0 saturated carbocycles. The molecule has 0 saturated heterocycles. The molecule has 0 amide bonds. The molecule has 8 rings (SSSR count). The fourth-order valence-electron chi connectivity index (χ4n) is 7.07. The number of methoxy groups -OCH3 is 4. The summed E-state index contributed by atoms with van der Waals surface area (Å²) in [6.45, 7) is 0. The van der Waals surface area contributed by atoms with E-state index < -0.39 is 11.3 Å². The molecule has 56 heavy (non-hydrogen) atoms. The molecule has 278 valence electrons. The third-order valence-electron chi connectivity index (χ3n) is 9.73. The first kappa shape index (κ1) is 36.6. The van der Waals surface area contributed by atoms with Gasteiger partial charge in [-0.3, -0.25) is 9.97 Å². The molecular weight excluding hydrogens is 747 g/mol. The molecule has 0 spiro atoms. The maximum atomic E-state index is 7.00. The number of ether oxygens (including phenoxy) is 4. The Kier molecular flexibility index (Phi) is 9.84. The molecule has 0 fully saturated rings. The summed E-state index contributed by atoms with van der Waals surface area (Å²) in [4.78, 5) is 31.8. The predicted molar refractivity (Wildman–Crippen MR) is 220 cm³/mol. The van der Waals surface area contributed by atoms with Crippen molar-refractivity contribution >= 4 is 46.0 Å². The van der Waals surface area contributed by atoms with Crippen LogP contribution >= 0.6 is 23.2 Å². The number of halogens is 2. The van der Waals surface area contributed by atoms with Gasteiger partial charge in [-0.2, -0.15) is 0 Å². The highest BCUT2D eigenvalue weighted by Crippen LogP contribution is 2.55. The fourth-order valence-corrected chi connectivity index (χ4v) is 7.52. The van der Waals surface area contributed by atoms with Crippen molar-refractivity contribution in [3.8, 4) is 23.0 Å². The standard InChI is InChI=1S/C44H34Cl2N6O4/c1-53-35-19-17-27(23-37(35)55-3)39-41(31-13-5-7-15-33(31)45)51-43(49-39,29-11-9-21-47-25-29)44(30-12-10-22-48-26-30)50-40(28-18-20-36(54-2)38(24-28)56-4)42(52-44)32-14-6-8-16-34(32)46/h5-26H,1-4H3. The Morgan fingerprint density at radius 2 is 0.821 bits per heavy atom. The van der Waals surface area contributed by atoms with E-state index in [2.05, 4.69) is 9.97 Å². The normalized spacial score (nSPS) is 18.8. The van der Waals surface area contributed by atoms with Crippen LogP contribution in [0.3, 0.4) is 0 Å². The molecule has 2 aliphatic heterocycles. The van der Waals surface area contributed by atoms with Gasteiger partial charge < -0.3 is 18.9 Å². The lowest BCUT2D eigenvalue weighted by atomic mass is 9.83. The first-order valence-corrected chi connectivity index (χ1v) is 18.3. The van der Waals surface area contributed by atoms with Crippen LogP contribution in [0.5, 0.6) is 23.0 Å². The van der Waals surface area contributed by atoms with E-state index >= 15 is 0 Å². The second-order valence-electron chi connectivity index (χ2n) is 12.8. The quantitative estimate of drug-likeness (QED) is 0.130. The van der Waals surface area contributed by atoms with Crippen molar-refractivity contribution in [1.82, 2.24) is 9.97 Å². The summed E-state index contributed by atoms with van der Waals surface area (Å²) in [7, 11) is 6.36. The van der Waals surface area contributed by atoms with Crippen LogP contribution in [0.1, 0.15) is 33.4 Å². The molecule has 0 radical (unpaired) electrons. The van der Waals surface area contributed by atoms with E-state index in [-0.39, 0.29) is 0 Å². The van der Waals surface area contributed by atoms with E-state index in [1.807, 2.05) is 109 Å². The monoisotopic (exact) mass is 780 g/mol. The number of hydrogen-bond donors (Lipinski definition) is 0. The Hall–Kier alpha value is -6.36. The van der Waals surface area contributed by atoms with E-state index in [0.717, 1.165) is 0 Å². The molecule has 4 heterocycles. The van der Waals surface area contributed by atoms with E-state index in [4.69, 9.17) is 62.1 Å². The Morgan fingerprint density at radius 1 is 0.429 bits per heavy atom. The van der Waals surface area contributed by atoms with E-state index in [1.165, 1.54) is 0 Å². The van der Waals surface area contributed by atoms with E-state index in [1.54, 1.807) is 53.2 Å². The zero-order valence-electron chi connectivity index (χ0n) is 30.8. The average Bonchev–Trinajstić information content (AvgIpc) is 3.86. The molecule has 2 aliphatic rings. The molecule has 2 unspecified atom stereocenters. The SMILES string of the molecule is COc1ccc(C2=NC(c3cccnc3)(C3(c4cccnc4)N=C(c4ccc(OC)c(OC)c4)C(c4ccccc4Cl)=N3)N=C2c2ccccc2Cl)cc1OC. The van der Waals surface area contributed by atoms with Gasteiger partial charge in [-0.1, -0.05) is 71.7 Å². The molecule has 6 aromatic rings. The zero-order chi connectivity index (χ0) is 38.9. The van der Waals surface area contributed by atoms with Gasteiger partial charge in [0.1, 0.15) is 0 Å². The number of aromatic nitrogens is 2. The van der Waals surface area contributed by atoms with Gasteiger partial charge in [-0.25, -0.2) is 20.0 Å².